The molecular weight excluding hydrogens is 400 g/mol. The van der Waals surface area contributed by atoms with Gasteiger partial charge in [0.1, 0.15) is 5.84 Å². The summed E-state index contributed by atoms with van der Waals surface area (Å²) < 4.78 is 26.7. The standard InChI is InChI=1S/C22H26N4O3S/c27-21(11-12-23-22-19-9-2-3-10-20(19)30(28,29)25-22)24-18-8-6-7-17(15-18)16-26-13-4-1-5-14-26/h2-3,6-10,15H,1,4-5,11-14,16H2,(H,23,25)(H,24,27). The summed E-state index contributed by atoms with van der Waals surface area (Å²) in [6, 6.07) is 14.6. The molecule has 4 rings (SSSR count). The van der Waals surface area contributed by atoms with Gasteiger partial charge < -0.3 is 5.32 Å². The smallest absolute Gasteiger partial charge is 0.263 e. The van der Waals surface area contributed by atoms with Crippen molar-refractivity contribution in [2.75, 3.05) is 25.0 Å². The molecule has 2 aromatic rings. The van der Waals surface area contributed by atoms with Gasteiger partial charge in [0.2, 0.25) is 5.91 Å². The zero-order valence-corrected chi connectivity index (χ0v) is 17.6. The van der Waals surface area contributed by atoms with Crippen molar-refractivity contribution in [3.8, 4) is 0 Å². The van der Waals surface area contributed by atoms with Crippen molar-refractivity contribution in [3.63, 3.8) is 0 Å². The first kappa shape index (κ1) is 20.6. The Hall–Kier alpha value is -2.71. The van der Waals surface area contributed by atoms with Gasteiger partial charge in [-0.15, -0.1) is 0 Å². The second kappa shape index (κ2) is 8.97. The molecule has 0 saturated carbocycles. The highest BCUT2D eigenvalue weighted by molar-refractivity contribution is 7.90. The van der Waals surface area contributed by atoms with E-state index in [0.717, 1.165) is 25.3 Å². The second-order valence-corrected chi connectivity index (χ2v) is 9.32. The quantitative estimate of drug-likeness (QED) is 0.743. The first-order valence-corrected chi connectivity index (χ1v) is 11.8. The Labute approximate surface area is 177 Å². The minimum atomic E-state index is -3.56. The molecule has 30 heavy (non-hydrogen) atoms. The van der Waals surface area contributed by atoms with Gasteiger partial charge in [-0.1, -0.05) is 30.7 Å². The Morgan fingerprint density at radius 3 is 2.70 bits per heavy atom. The van der Waals surface area contributed by atoms with Crippen molar-refractivity contribution >= 4 is 27.5 Å². The van der Waals surface area contributed by atoms with E-state index >= 15 is 0 Å². The monoisotopic (exact) mass is 426 g/mol. The fourth-order valence-corrected chi connectivity index (χ4v) is 5.12. The number of likely N-dealkylation sites (tertiary alicyclic amines) is 1. The van der Waals surface area contributed by atoms with E-state index in [1.54, 1.807) is 24.3 Å². The van der Waals surface area contributed by atoms with Crippen molar-refractivity contribution in [1.29, 1.82) is 0 Å². The summed E-state index contributed by atoms with van der Waals surface area (Å²) in [5.41, 5.74) is 2.50. The molecule has 2 aliphatic heterocycles. The number of hydrogen-bond donors (Lipinski definition) is 2. The largest absolute Gasteiger partial charge is 0.326 e. The van der Waals surface area contributed by atoms with Crippen LogP contribution in [0.25, 0.3) is 0 Å². The fourth-order valence-electron chi connectivity index (χ4n) is 3.87. The Morgan fingerprint density at radius 2 is 1.87 bits per heavy atom. The predicted molar refractivity (Wildman–Crippen MR) is 117 cm³/mol. The molecule has 2 aliphatic rings. The van der Waals surface area contributed by atoms with E-state index in [2.05, 4.69) is 26.0 Å². The maximum atomic E-state index is 12.3. The van der Waals surface area contributed by atoms with Gasteiger partial charge in [0.25, 0.3) is 10.0 Å². The number of rotatable bonds is 6. The summed E-state index contributed by atoms with van der Waals surface area (Å²) in [5.74, 6) is 0.144. The Kier molecular flexibility index (Phi) is 6.15. The lowest BCUT2D eigenvalue weighted by molar-refractivity contribution is -0.116. The molecule has 1 fully saturated rings. The van der Waals surface area contributed by atoms with Crippen LogP contribution in [0.15, 0.2) is 58.4 Å². The molecular formula is C22H26N4O3S. The number of hydrogen-bond acceptors (Lipinski definition) is 5. The van der Waals surface area contributed by atoms with Crippen LogP contribution in [0.4, 0.5) is 5.69 Å². The number of carbonyl (C=O) groups is 1. The highest BCUT2D eigenvalue weighted by Crippen LogP contribution is 2.22. The van der Waals surface area contributed by atoms with Crippen LogP contribution in [-0.4, -0.2) is 44.7 Å². The van der Waals surface area contributed by atoms with E-state index < -0.39 is 10.0 Å². The highest BCUT2D eigenvalue weighted by atomic mass is 32.2. The minimum Gasteiger partial charge on any atom is -0.326 e. The number of carbonyl (C=O) groups excluding carboxylic acids is 1. The van der Waals surface area contributed by atoms with E-state index in [-0.39, 0.29) is 23.8 Å². The summed E-state index contributed by atoms with van der Waals surface area (Å²) in [6.07, 6.45) is 3.98. The number of fused-ring (bicyclic) bond motifs is 1. The normalized spacial score (nSPS) is 19.3. The molecule has 0 unspecified atom stereocenters. The lowest BCUT2D eigenvalue weighted by Crippen LogP contribution is -2.29. The fraction of sp³-hybridized carbons (Fsp3) is 0.364. The third-order valence-corrected chi connectivity index (χ3v) is 6.73. The van der Waals surface area contributed by atoms with E-state index in [4.69, 9.17) is 0 Å². The molecule has 2 aromatic carbocycles. The van der Waals surface area contributed by atoms with Gasteiger partial charge in [-0.05, 0) is 55.8 Å². The molecule has 1 amide bonds. The van der Waals surface area contributed by atoms with Crippen LogP contribution in [0.2, 0.25) is 0 Å². The summed E-state index contributed by atoms with van der Waals surface area (Å²) in [4.78, 5) is 19.3. The van der Waals surface area contributed by atoms with Gasteiger partial charge in [-0.2, -0.15) is 0 Å². The van der Waals surface area contributed by atoms with E-state index in [0.29, 0.717) is 11.4 Å². The van der Waals surface area contributed by atoms with Crippen LogP contribution in [0, 0.1) is 0 Å². The molecule has 2 heterocycles. The van der Waals surface area contributed by atoms with Crippen molar-refractivity contribution in [2.24, 2.45) is 4.99 Å². The number of anilines is 1. The topological polar surface area (TPSA) is 90.9 Å². The SMILES string of the molecule is O=C(CCN=C1NS(=O)(=O)c2ccccc21)Nc1cccc(CN2CCCCC2)c1. The average Bonchev–Trinajstić information content (AvgIpc) is 3.00. The summed E-state index contributed by atoms with van der Waals surface area (Å²) >= 11 is 0. The maximum Gasteiger partial charge on any atom is 0.263 e. The van der Waals surface area contributed by atoms with Gasteiger partial charge in [0.15, 0.2) is 0 Å². The van der Waals surface area contributed by atoms with E-state index in [1.807, 2.05) is 18.2 Å². The molecule has 0 atom stereocenters. The van der Waals surface area contributed by atoms with Crippen molar-refractivity contribution in [1.82, 2.24) is 9.62 Å². The first-order chi connectivity index (χ1) is 14.5. The minimum absolute atomic E-state index is 0.149. The molecule has 0 aliphatic carbocycles. The molecule has 1 saturated heterocycles. The van der Waals surface area contributed by atoms with Crippen molar-refractivity contribution < 1.29 is 13.2 Å². The predicted octanol–water partition coefficient (Wildman–Crippen LogP) is 2.74. The molecule has 0 spiro atoms. The summed E-state index contributed by atoms with van der Waals surface area (Å²) in [7, 11) is -3.56. The molecule has 2 N–H and O–H groups in total. The van der Waals surface area contributed by atoms with Crippen molar-refractivity contribution in [2.45, 2.75) is 37.1 Å². The van der Waals surface area contributed by atoms with Crippen LogP contribution in [0.3, 0.4) is 0 Å². The van der Waals surface area contributed by atoms with Gasteiger partial charge in [0.05, 0.1) is 11.4 Å². The van der Waals surface area contributed by atoms with Crippen LogP contribution >= 0.6 is 0 Å². The number of amidine groups is 1. The van der Waals surface area contributed by atoms with E-state index in [9.17, 15) is 13.2 Å². The summed E-state index contributed by atoms with van der Waals surface area (Å²) in [5, 5.41) is 2.91. The lowest BCUT2D eigenvalue weighted by Gasteiger charge is -2.26. The average molecular weight is 427 g/mol. The van der Waals surface area contributed by atoms with Crippen LogP contribution < -0.4 is 10.0 Å². The number of sulfonamides is 1. The number of nitrogens with zero attached hydrogens (tertiary/aromatic N) is 2. The zero-order chi connectivity index (χ0) is 21.0. The Bertz CT molecular complexity index is 1060. The number of aliphatic imine (C=N–C) groups is 1. The van der Waals surface area contributed by atoms with Gasteiger partial charge >= 0.3 is 0 Å². The van der Waals surface area contributed by atoms with Crippen LogP contribution in [-0.2, 0) is 21.4 Å². The molecule has 158 valence electrons. The molecule has 8 heteroatoms. The molecule has 7 nitrogen and oxygen atoms in total. The third-order valence-electron chi connectivity index (χ3n) is 5.34. The summed E-state index contributed by atoms with van der Waals surface area (Å²) in [6.45, 7) is 3.36. The molecule has 0 radical (unpaired) electrons. The van der Waals surface area contributed by atoms with Crippen molar-refractivity contribution in [3.05, 3.63) is 59.7 Å². The number of benzene rings is 2. The maximum absolute atomic E-state index is 12.3. The first-order valence-electron chi connectivity index (χ1n) is 10.3. The second-order valence-electron chi connectivity index (χ2n) is 7.67. The van der Waals surface area contributed by atoms with Gasteiger partial charge in [-0.25, -0.2) is 8.42 Å². The number of nitrogens with one attached hydrogen (secondary N) is 2. The van der Waals surface area contributed by atoms with Gasteiger partial charge in [0, 0.05) is 24.2 Å². The van der Waals surface area contributed by atoms with Gasteiger partial charge in [-0.3, -0.25) is 19.4 Å². The zero-order valence-electron chi connectivity index (χ0n) is 16.8. The Balaban J connectivity index is 1.32. The number of amides is 1. The molecule has 0 aromatic heterocycles. The van der Waals surface area contributed by atoms with Crippen LogP contribution in [0.1, 0.15) is 36.8 Å². The number of piperidine rings is 1. The third kappa shape index (κ3) is 4.88. The van der Waals surface area contributed by atoms with Crippen LogP contribution in [0.5, 0.6) is 0 Å². The Morgan fingerprint density at radius 1 is 1.07 bits per heavy atom. The van der Waals surface area contributed by atoms with E-state index in [1.165, 1.54) is 24.8 Å². The lowest BCUT2D eigenvalue weighted by atomic mass is 10.1. The highest BCUT2D eigenvalue weighted by Gasteiger charge is 2.29. The molecule has 0 bridgehead atoms.